The molecule has 98 valence electrons. The van der Waals surface area contributed by atoms with Crippen molar-refractivity contribution in [2.45, 2.75) is 6.92 Å². The average Bonchev–Trinajstić information content (AvgIpc) is 2.93. The third-order valence-electron chi connectivity index (χ3n) is 2.32. The van der Waals surface area contributed by atoms with Gasteiger partial charge in [-0.2, -0.15) is 5.10 Å². The molecule has 1 aromatic carbocycles. The minimum Gasteiger partial charge on any atom is -0.463 e. The zero-order valence-corrected chi connectivity index (χ0v) is 11.0. The Morgan fingerprint density at radius 1 is 1.26 bits per heavy atom. The summed E-state index contributed by atoms with van der Waals surface area (Å²) in [6.07, 6.45) is 1.56. The molecule has 0 spiro atoms. The fourth-order valence-corrected chi connectivity index (χ4v) is 1.54. The standard InChI is InChI=1S/C13H12FN3OS/c1-9(12-7-4-8-18-12)16-17-13(19)15-11-6-3-2-5-10(11)14/h2-8H,1H3,(H2,15,17,19)/b16-9-. The first-order chi connectivity index (χ1) is 9.16. The van der Waals surface area contributed by atoms with Gasteiger partial charge in [0.25, 0.3) is 0 Å². The summed E-state index contributed by atoms with van der Waals surface area (Å²) in [7, 11) is 0. The van der Waals surface area contributed by atoms with E-state index in [1.165, 1.54) is 6.07 Å². The van der Waals surface area contributed by atoms with Crippen molar-refractivity contribution in [1.29, 1.82) is 0 Å². The summed E-state index contributed by atoms with van der Waals surface area (Å²) in [6, 6.07) is 9.81. The lowest BCUT2D eigenvalue weighted by Crippen LogP contribution is -2.25. The first kappa shape index (κ1) is 13.2. The van der Waals surface area contributed by atoms with Crippen LogP contribution in [0.15, 0.2) is 52.2 Å². The Labute approximate surface area is 115 Å². The van der Waals surface area contributed by atoms with Crippen LogP contribution in [-0.4, -0.2) is 10.8 Å². The summed E-state index contributed by atoms with van der Waals surface area (Å²) in [5.74, 6) is 0.263. The minimum atomic E-state index is -0.376. The summed E-state index contributed by atoms with van der Waals surface area (Å²) in [5, 5.41) is 6.96. The molecular formula is C13H12FN3OS. The lowest BCUT2D eigenvalue weighted by atomic mass is 10.3. The van der Waals surface area contributed by atoms with Crippen LogP contribution in [0.4, 0.5) is 10.1 Å². The van der Waals surface area contributed by atoms with Gasteiger partial charge >= 0.3 is 0 Å². The Hall–Kier alpha value is -2.21. The predicted molar refractivity (Wildman–Crippen MR) is 76.7 cm³/mol. The van der Waals surface area contributed by atoms with Crippen molar-refractivity contribution >= 4 is 28.7 Å². The molecule has 0 bridgehead atoms. The van der Waals surface area contributed by atoms with Crippen LogP contribution in [0.3, 0.4) is 0 Å². The summed E-state index contributed by atoms with van der Waals surface area (Å²) in [4.78, 5) is 0. The number of hydrogen-bond acceptors (Lipinski definition) is 3. The van der Waals surface area contributed by atoms with Crippen molar-refractivity contribution in [2.24, 2.45) is 5.10 Å². The van der Waals surface area contributed by atoms with E-state index in [0.717, 1.165) is 0 Å². The van der Waals surface area contributed by atoms with Gasteiger partial charge in [-0.3, -0.25) is 5.43 Å². The fraction of sp³-hybridized carbons (Fsp3) is 0.0769. The monoisotopic (exact) mass is 277 g/mol. The van der Waals surface area contributed by atoms with Crippen molar-refractivity contribution in [3.8, 4) is 0 Å². The molecule has 0 aliphatic carbocycles. The molecule has 0 saturated carbocycles. The lowest BCUT2D eigenvalue weighted by Gasteiger charge is -2.08. The molecule has 0 aliphatic heterocycles. The number of anilines is 1. The second-order valence-electron chi connectivity index (χ2n) is 3.72. The predicted octanol–water partition coefficient (Wildman–Crippen LogP) is 3.13. The number of nitrogens with one attached hydrogen (secondary N) is 2. The van der Waals surface area contributed by atoms with E-state index in [2.05, 4.69) is 15.8 Å². The zero-order valence-electron chi connectivity index (χ0n) is 10.2. The maximum Gasteiger partial charge on any atom is 0.191 e. The number of hydrazone groups is 1. The topological polar surface area (TPSA) is 49.6 Å². The molecule has 4 nitrogen and oxygen atoms in total. The Kier molecular flexibility index (Phi) is 4.25. The van der Waals surface area contributed by atoms with Gasteiger partial charge in [0.15, 0.2) is 5.11 Å². The third-order valence-corrected chi connectivity index (χ3v) is 2.52. The summed E-state index contributed by atoms with van der Waals surface area (Å²) in [6.45, 7) is 1.78. The van der Waals surface area contributed by atoms with E-state index in [-0.39, 0.29) is 10.9 Å². The van der Waals surface area contributed by atoms with Gasteiger partial charge in [0.05, 0.1) is 12.0 Å². The minimum absolute atomic E-state index is 0.205. The van der Waals surface area contributed by atoms with Gasteiger partial charge in [0, 0.05) is 0 Å². The number of halogens is 1. The van der Waals surface area contributed by atoms with Gasteiger partial charge in [-0.25, -0.2) is 4.39 Å². The average molecular weight is 277 g/mol. The lowest BCUT2D eigenvalue weighted by molar-refractivity contribution is 0.556. The molecule has 0 unspecified atom stereocenters. The first-order valence-electron chi connectivity index (χ1n) is 5.56. The van der Waals surface area contributed by atoms with Gasteiger partial charge in [0.1, 0.15) is 17.3 Å². The second-order valence-corrected chi connectivity index (χ2v) is 4.13. The highest BCUT2D eigenvalue weighted by molar-refractivity contribution is 7.80. The van der Waals surface area contributed by atoms with Crippen molar-refractivity contribution in [1.82, 2.24) is 5.43 Å². The molecule has 2 aromatic rings. The van der Waals surface area contributed by atoms with Crippen LogP contribution in [0.5, 0.6) is 0 Å². The molecule has 0 saturated heterocycles. The van der Waals surface area contributed by atoms with Gasteiger partial charge in [-0.1, -0.05) is 12.1 Å². The molecule has 0 radical (unpaired) electrons. The van der Waals surface area contributed by atoms with E-state index < -0.39 is 0 Å². The van der Waals surface area contributed by atoms with E-state index in [1.807, 2.05) is 0 Å². The van der Waals surface area contributed by atoms with Gasteiger partial charge in [-0.15, -0.1) is 0 Å². The number of thiocarbonyl (C=S) groups is 1. The second kappa shape index (κ2) is 6.10. The SMILES string of the molecule is C/C(=N/NC(=S)Nc1ccccc1F)c1ccco1. The van der Waals surface area contributed by atoms with Crippen LogP contribution in [0.25, 0.3) is 0 Å². The normalized spacial score (nSPS) is 11.2. The first-order valence-corrected chi connectivity index (χ1v) is 5.97. The molecule has 2 N–H and O–H groups in total. The fourth-order valence-electron chi connectivity index (χ4n) is 1.39. The Balaban J connectivity index is 1.96. The van der Waals surface area contributed by atoms with Crippen LogP contribution in [0.1, 0.15) is 12.7 Å². The van der Waals surface area contributed by atoms with E-state index >= 15 is 0 Å². The van der Waals surface area contributed by atoms with Crippen LogP contribution in [0, 0.1) is 5.82 Å². The maximum atomic E-state index is 13.4. The maximum absolute atomic E-state index is 13.4. The van der Waals surface area contributed by atoms with Crippen LogP contribution in [-0.2, 0) is 0 Å². The summed E-state index contributed by atoms with van der Waals surface area (Å²) in [5.41, 5.74) is 3.57. The molecule has 2 rings (SSSR count). The molecule has 0 atom stereocenters. The number of para-hydroxylation sites is 1. The van der Waals surface area contributed by atoms with Crippen molar-refractivity contribution in [3.05, 3.63) is 54.2 Å². The van der Waals surface area contributed by atoms with Gasteiger partial charge in [0.2, 0.25) is 0 Å². The third kappa shape index (κ3) is 3.62. The number of rotatable bonds is 3. The molecule has 0 amide bonds. The van der Waals surface area contributed by atoms with E-state index in [4.69, 9.17) is 16.6 Å². The molecule has 1 heterocycles. The van der Waals surface area contributed by atoms with Crippen molar-refractivity contribution < 1.29 is 8.81 Å². The highest BCUT2D eigenvalue weighted by Gasteiger charge is 2.03. The number of benzene rings is 1. The molecule has 1 aromatic heterocycles. The Morgan fingerprint density at radius 3 is 2.74 bits per heavy atom. The molecular weight excluding hydrogens is 265 g/mol. The zero-order chi connectivity index (χ0) is 13.7. The van der Waals surface area contributed by atoms with Crippen LogP contribution < -0.4 is 10.7 Å². The highest BCUT2D eigenvalue weighted by atomic mass is 32.1. The van der Waals surface area contributed by atoms with Crippen molar-refractivity contribution in [2.75, 3.05) is 5.32 Å². The summed E-state index contributed by atoms with van der Waals surface area (Å²) < 4.78 is 18.5. The molecule has 19 heavy (non-hydrogen) atoms. The molecule has 0 aliphatic rings. The van der Waals surface area contributed by atoms with E-state index in [1.54, 1.807) is 43.5 Å². The van der Waals surface area contributed by atoms with Crippen LogP contribution in [0.2, 0.25) is 0 Å². The van der Waals surface area contributed by atoms with Crippen molar-refractivity contribution in [3.63, 3.8) is 0 Å². The summed E-state index contributed by atoms with van der Waals surface area (Å²) >= 11 is 5.02. The van der Waals surface area contributed by atoms with E-state index in [9.17, 15) is 4.39 Å². The number of nitrogens with zero attached hydrogens (tertiary/aromatic N) is 1. The number of furan rings is 1. The Morgan fingerprint density at radius 2 is 2.05 bits per heavy atom. The van der Waals surface area contributed by atoms with Gasteiger partial charge < -0.3 is 9.73 Å². The largest absolute Gasteiger partial charge is 0.463 e. The Bertz CT molecular complexity index is 596. The molecule has 0 fully saturated rings. The molecule has 6 heteroatoms. The van der Waals surface area contributed by atoms with Gasteiger partial charge in [-0.05, 0) is 43.4 Å². The highest BCUT2D eigenvalue weighted by Crippen LogP contribution is 2.11. The number of hydrogen-bond donors (Lipinski definition) is 2. The quantitative estimate of drug-likeness (QED) is 0.514. The van der Waals surface area contributed by atoms with Crippen LogP contribution >= 0.6 is 12.2 Å². The smallest absolute Gasteiger partial charge is 0.191 e. The van der Waals surface area contributed by atoms with E-state index in [0.29, 0.717) is 17.2 Å².